The SMILES string of the molecule is CCn1cc(S(=O)(=O)Nc2cnc(Cl)c(Br)c2)nc1C. The van der Waals surface area contributed by atoms with E-state index in [4.69, 9.17) is 11.6 Å². The second-order valence-corrected chi connectivity index (χ2v) is 6.86. The number of rotatable bonds is 4. The Labute approximate surface area is 130 Å². The summed E-state index contributed by atoms with van der Waals surface area (Å²) in [6.07, 6.45) is 2.84. The predicted octanol–water partition coefficient (Wildman–Crippen LogP) is 2.82. The number of nitrogens with zero attached hydrogens (tertiary/aromatic N) is 3. The van der Waals surface area contributed by atoms with Crippen molar-refractivity contribution < 1.29 is 8.42 Å². The molecule has 0 aliphatic rings. The van der Waals surface area contributed by atoms with Gasteiger partial charge in [-0.3, -0.25) is 4.72 Å². The number of sulfonamides is 1. The Bertz CT molecular complexity index is 745. The van der Waals surface area contributed by atoms with Crippen LogP contribution in [0.15, 0.2) is 28.0 Å². The van der Waals surface area contributed by atoms with Crippen LogP contribution in [0.2, 0.25) is 5.15 Å². The summed E-state index contributed by atoms with van der Waals surface area (Å²) >= 11 is 8.95. The van der Waals surface area contributed by atoms with E-state index in [-0.39, 0.29) is 10.2 Å². The highest BCUT2D eigenvalue weighted by Gasteiger charge is 2.19. The Hall–Kier alpha value is -1.12. The largest absolute Gasteiger partial charge is 0.334 e. The molecule has 2 aromatic heterocycles. The molecular weight excluding hydrogens is 368 g/mol. The predicted molar refractivity (Wildman–Crippen MR) is 80.4 cm³/mol. The summed E-state index contributed by atoms with van der Waals surface area (Å²) in [7, 11) is -3.74. The van der Waals surface area contributed by atoms with Crippen molar-refractivity contribution in [3.63, 3.8) is 0 Å². The van der Waals surface area contributed by atoms with E-state index in [0.717, 1.165) is 0 Å². The maximum atomic E-state index is 12.2. The molecule has 108 valence electrons. The number of hydrogen-bond donors (Lipinski definition) is 1. The zero-order valence-electron chi connectivity index (χ0n) is 10.8. The first-order valence-electron chi connectivity index (χ1n) is 5.71. The first-order chi connectivity index (χ1) is 9.33. The quantitative estimate of drug-likeness (QED) is 0.829. The maximum Gasteiger partial charge on any atom is 0.281 e. The lowest BCUT2D eigenvalue weighted by Gasteiger charge is -2.06. The van der Waals surface area contributed by atoms with Crippen LogP contribution >= 0.6 is 27.5 Å². The summed E-state index contributed by atoms with van der Waals surface area (Å²) in [6, 6.07) is 1.54. The smallest absolute Gasteiger partial charge is 0.281 e. The average Bonchev–Trinajstić information content (AvgIpc) is 2.76. The lowest BCUT2D eigenvalue weighted by Crippen LogP contribution is -2.13. The maximum absolute atomic E-state index is 12.2. The molecule has 0 radical (unpaired) electrons. The van der Waals surface area contributed by atoms with Gasteiger partial charge in [-0.2, -0.15) is 8.42 Å². The molecule has 2 heterocycles. The minimum absolute atomic E-state index is 0.0251. The third kappa shape index (κ3) is 3.13. The van der Waals surface area contributed by atoms with E-state index in [1.807, 2.05) is 6.92 Å². The van der Waals surface area contributed by atoms with Gasteiger partial charge in [0.05, 0.1) is 16.4 Å². The van der Waals surface area contributed by atoms with Gasteiger partial charge in [0.1, 0.15) is 11.0 Å². The van der Waals surface area contributed by atoms with Gasteiger partial charge in [-0.1, -0.05) is 11.6 Å². The van der Waals surface area contributed by atoms with Crippen LogP contribution < -0.4 is 4.72 Å². The van der Waals surface area contributed by atoms with Crippen LogP contribution in [0.3, 0.4) is 0 Å². The zero-order chi connectivity index (χ0) is 14.9. The molecule has 0 atom stereocenters. The Morgan fingerprint density at radius 1 is 1.50 bits per heavy atom. The molecule has 2 rings (SSSR count). The number of halogens is 2. The highest BCUT2D eigenvalue weighted by molar-refractivity contribution is 9.10. The van der Waals surface area contributed by atoms with E-state index in [2.05, 4.69) is 30.6 Å². The van der Waals surface area contributed by atoms with E-state index in [1.165, 1.54) is 18.5 Å². The number of nitrogens with one attached hydrogen (secondary N) is 1. The molecule has 0 bridgehead atoms. The van der Waals surface area contributed by atoms with Gasteiger partial charge in [-0.15, -0.1) is 0 Å². The second kappa shape index (κ2) is 5.71. The highest BCUT2D eigenvalue weighted by atomic mass is 79.9. The topological polar surface area (TPSA) is 76.9 Å². The number of aromatic nitrogens is 3. The summed E-state index contributed by atoms with van der Waals surface area (Å²) in [4.78, 5) is 7.91. The molecular formula is C11H12BrClN4O2S. The lowest BCUT2D eigenvalue weighted by molar-refractivity contribution is 0.598. The van der Waals surface area contributed by atoms with Gasteiger partial charge in [0, 0.05) is 12.7 Å². The van der Waals surface area contributed by atoms with Gasteiger partial charge in [0.15, 0.2) is 5.03 Å². The van der Waals surface area contributed by atoms with Crippen molar-refractivity contribution in [3.05, 3.63) is 33.9 Å². The summed E-state index contributed by atoms with van der Waals surface area (Å²) in [5.74, 6) is 0.642. The zero-order valence-corrected chi connectivity index (χ0v) is 13.9. The fourth-order valence-corrected chi connectivity index (χ4v) is 3.11. The third-order valence-corrected chi connectivity index (χ3v) is 5.00. The first kappa shape index (κ1) is 15.3. The molecule has 0 aromatic carbocycles. The number of aryl methyl sites for hydroxylation is 2. The monoisotopic (exact) mass is 378 g/mol. The standard InChI is InChI=1S/C11H12BrClN4O2S/c1-3-17-6-10(15-7(17)2)20(18,19)16-8-4-9(12)11(13)14-5-8/h4-6,16H,3H2,1-2H3. The van der Waals surface area contributed by atoms with Crippen molar-refractivity contribution in [1.29, 1.82) is 0 Å². The van der Waals surface area contributed by atoms with Gasteiger partial charge in [0.2, 0.25) is 0 Å². The van der Waals surface area contributed by atoms with Crippen LogP contribution in [0.1, 0.15) is 12.7 Å². The summed E-state index contributed by atoms with van der Waals surface area (Å²) < 4.78 is 29.1. The van der Waals surface area contributed by atoms with Crippen molar-refractivity contribution in [2.24, 2.45) is 0 Å². The van der Waals surface area contributed by atoms with Crippen molar-refractivity contribution in [1.82, 2.24) is 14.5 Å². The fraction of sp³-hybridized carbons (Fsp3) is 0.273. The molecule has 6 nitrogen and oxygen atoms in total. The molecule has 0 amide bonds. The average molecular weight is 380 g/mol. The van der Waals surface area contributed by atoms with Crippen molar-refractivity contribution >= 4 is 43.2 Å². The van der Waals surface area contributed by atoms with E-state index in [0.29, 0.717) is 22.5 Å². The highest BCUT2D eigenvalue weighted by Crippen LogP contribution is 2.24. The summed E-state index contributed by atoms with van der Waals surface area (Å²) in [5.41, 5.74) is 0.310. The number of hydrogen-bond acceptors (Lipinski definition) is 4. The second-order valence-electron chi connectivity index (χ2n) is 4.01. The van der Waals surface area contributed by atoms with Gasteiger partial charge >= 0.3 is 0 Å². The number of imidazole rings is 1. The van der Waals surface area contributed by atoms with Crippen LogP contribution in [0.25, 0.3) is 0 Å². The third-order valence-electron chi connectivity index (χ3n) is 2.62. The number of pyridine rings is 1. The van der Waals surface area contributed by atoms with Crippen LogP contribution in [-0.4, -0.2) is 23.0 Å². The molecule has 9 heteroatoms. The minimum atomic E-state index is -3.74. The van der Waals surface area contributed by atoms with Crippen molar-refractivity contribution in [2.75, 3.05) is 4.72 Å². The molecule has 0 aliphatic carbocycles. The Morgan fingerprint density at radius 3 is 2.75 bits per heavy atom. The van der Waals surface area contributed by atoms with Crippen LogP contribution in [-0.2, 0) is 16.6 Å². The summed E-state index contributed by atoms with van der Waals surface area (Å²) in [5, 5.41) is 0.238. The first-order valence-corrected chi connectivity index (χ1v) is 8.36. The fourth-order valence-electron chi connectivity index (χ4n) is 1.61. The van der Waals surface area contributed by atoms with Crippen molar-refractivity contribution in [2.45, 2.75) is 25.4 Å². The normalized spacial score (nSPS) is 11.6. The Balaban J connectivity index is 2.32. The van der Waals surface area contributed by atoms with Gasteiger partial charge < -0.3 is 4.57 Å². The van der Waals surface area contributed by atoms with Crippen LogP contribution in [0, 0.1) is 6.92 Å². The molecule has 1 N–H and O–H groups in total. The molecule has 0 fully saturated rings. The Morgan fingerprint density at radius 2 is 2.20 bits per heavy atom. The van der Waals surface area contributed by atoms with Gasteiger partial charge in [-0.25, -0.2) is 9.97 Å². The lowest BCUT2D eigenvalue weighted by atomic mass is 10.4. The molecule has 0 spiro atoms. The van der Waals surface area contributed by atoms with Gasteiger partial charge in [0.25, 0.3) is 10.0 Å². The van der Waals surface area contributed by atoms with Crippen LogP contribution in [0.5, 0.6) is 0 Å². The molecule has 20 heavy (non-hydrogen) atoms. The van der Waals surface area contributed by atoms with E-state index >= 15 is 0 Å². The molecule has 0 saturated heterocycles. The molecule has 0 aliphatic heterocycles. The number of anilines is 1. The van der Waals surface area contributed by atoms with Crippen LogP contribution in [0.4, 0.5) is 5.69 Å². The van der Waals surface area contributed by atoms with E-state index in [1.54, 1.807) is 11.5 Å². The summed E-state index contributed by atoms with van der Waals surface area (Å²) in [6.45, 7) is 4.32. The molecule has 0 saturated carbocycles. The molecule has 2 aromatic rings. The minimum Gasteiger partial charge on any atom is -0.334 e. The molecule has 0 unspecified atom stereocenters. The van der Waals surface area contributed by atoms with E-state index in [9.17, 15) is 8.42 Å². The van der Waals surface area contributed by atoms with Gasteiger partial charge in [-0.05, 0) is 35.8 Å². The van der Waals surface area contributed by atoms with Crippen molar-refractivity contribution in [3.8, 4) is 0 Å². The Kier molecular flexibility index (Phi) is 4.36. The van der Waals surface area contributed by atoms with E-state index < -0.39 is 10.0 Å².